The molecule has 0 amide bonds. The lowest BCUT2D eigenvalue weighted by Gasteiger charge is -2.13. The van der Waals surface area contributed by atoms with Gasteiger partial charge in [-0.25, -0.2) is 4.79 Å². The van der Waals surface area contributed by atoms with Crippen molar-refractivity contribution in [1.82, 2.24) is 0 Å². The van der Waals surface area contributed by atoms with Gasteiger partial charge in [0.25, 0.3) is 0 Å². The van der Waals surface area contributed by atoms with E-state index in [9.17, 15) is 4.79 Å². The van der Waals surface area contributed by atoms with Gasteiger partial charge in [-0.15, -0.1) is 0 Å². The summed E-state index contributed by atoms with van der Waals surface area (Å²) in [5.74, 6) is -0.155. The average Bonchev–Trinajstić information content (AvgIpc) is 2.49. The molecule has 22 heavy (non-hydrogen) atoms. The summed E-state index contributed by atoms with van der Waals surface area (Å²) >= 11 is 11.8. The second kappa shape index (κ2) is 7.38. The van der Waals surface area contributed by atoms with Crippen molar-refractivity contribution >= 4 is 29.2 Å². The van der Waals surface area contributed by atoms with Gasteiger partial charge in [-0.3, -0.25) is 0 Å². The third-order valence-electron chi connectivity index (χ3n) is 2.87. The molecule has 0 radical (unpaired) electrons. The molecular weight excluding hydrogens is 327 g/mol. The van der Waals surface area contributed by atoms with E-state index in [-0.39, 0.29) is 12.2 Å². The predicted octanol–water partition coefficient (Wildman–Crippen LogP) is 4.67. The Bertz CT molecular complexity index is 686. The van der Waals surface area contributed by atoms with Gasteiger partial charge < -0.3 is 14.6 Å². The van der Waals surface area contributed by atoms with E-state index in [0.29, 0.717) is 28.2 Å². The molecule has 2 aromatic carbocycles. The highest BCUT2D eigenvalue weighted by atomic mass is 35.5. The quantitative estimate of drug-likeness (QED) is 0.830. The van der Waals surface area contributed by atoms with Crippen LogP contribution in [0.25, 0.3) is 0 Å². The number of ether oxygens (including phenoxy) is 2. The Balaban J connectivity index is 2.17. The zero-order chi connectivity index (χ0) is 16.1. The molecule has 2 aromatic rings. The van der Waals surface area contributed by atoms with Crippen molar-refractivity contribution in [3.05, 3.63) is 57.6 Å². The van der Waals surface area contributed by atoms with Gasteiger partial charge in [0, 0.05) is 0 Å². The van der Waals surface area contributed by atoms with Crippen LogP contribution in [0, 0.1) is 0 Å². The maximum Gasteiger partial charge on any atom is 0.335 e. The highest BCUT2D eigenvalue weighted by molar-refractivity contribution is 6.42. The second-order valence-corrected chi connectivity index (χ2v) is 5.25. The average molecular weight is 341 g/mol. The van der Waals surface area contributed by atoms with Crippen molar-refractivity contribution in [3.63, 3.8) is 0 Å². The fourth-order valence-electron chi connectivity index (χ4n) is 1.82. The minimum absolute atomic E-state index is 0.144. The molecular formula is C16H14Cl2O4. The van der Waals surface area contributed by atoms with Gasteiger partial charge in [-0.1, -0.05) is 29.3 Å². The van der Waals surface area contributed by atoms with Crippen LogP contribution in [0.5, 0.6) is 11.5 Å². The number of benzene rings is 2. The van der Waals surface area contributed by atoms with Crippen molar-refractivity contribution in [3.8, 4) is 11.5 Å². The van der Waals surface area contributed by atoms with E-state index >= 15 is 0 Å². The normalized spacial score (nSPS) is 10.3. The van der Waals surface area contributed by atoms with Crippen LogP contribution < -0.4 is 9.47 Å². The van der Waals surface area contributed by atoms with Crippen LogP contribution in [0.3, 0.4) is 0 Å². The summed E-state index contributed by atoms with van der Waals surface area (Å²) in [5, 5.41) is 9.94. The third kappa shape index (κ3) is 4.06. The minimum atomic E-state index is -1.02. The largest absolute Gasteiger partial charge is 0.490 e. The summed E-state index contributed by atoms with van der Waals surface area (Å²) in [5.41, 5.74) is 0.990. The van der Waals surface area contributed by atoms with Gasteiger partial charge in [0.15, 0.2) is 11.5 Å². The van der Waals surface area contributed by atoms with Crippen molar-refractivity contribution in [2.45, 2.75) is 13.5 Å². The standard InChI is InChI=1S/C16H14Cl2O4/c1-2-21-15-8-11(16(19)20)4-6-14(15)22-9-10-3-5-12(17)13(18)7-10/h3-8H,2,9H2,1H3,(H,19,20). The number of rotatable bonds is 6. The van der Waals surface area contributed by atoms with Crippen molar-refractivity contribution in [2.75, 3.05) is 6.61 Å². The topological polar surface area (TPSA) is 55.8 Å². The lowest BCUT2D eigenvalue weighted by molar-refractivity contribution is 0.0696. The lowest BCUT2D eigenvalue weighted by Crippen LogP contribution is -2.02. The molecule has 0 aliphatic heterocycles. The Hall–Kier alpha value is -1.91. The number of hydrogen-bond acceptors (Lipinski definition) is 3. The van der Waals surface area contributed by atoms with E-state index in [4.69, 9.17) is 37.8 Å². The first kappa shape index (κ1) is 16.5. The Labute approximate surface area is 138 Å². The number of carboxylic acid groups (broad SMARTS) is 1. The number of carbonyl (C=O) groups is 1. The van der Waals surface area contributed by atoms with E-state index in [2.05, 4.69) is 0 Å². The van der Waals surface area contributed by atoms with Crippen LogP contribution in [-0.2, 0) is 6.61 Å². The second-order valence-electron chi connectivity index (χ2n) is 4.44. The minimum Gasteiger partial charge on any atom is -0.490 e. The Morgan fingerprint density at radius 1 is 1.05 bits per heavy atom. The molecule has 4 nitrogen and oxygen atoms in total. The number of halogens is 2. The molecule has 0 atom stereocenters. The van der Waals surface area contributed by atoms with Gasteiger partial charge in [0.1, 0.15) is 6.61 Å². The van der Waals surface area contributed by atoms with Gasteiger partial charge in [0.2, 0.25) is 0 Å². The molecule has 1 N–H and O–H groups in total. The van der Waals surface area contributed by atoms with E-state index < -0.39 is 5.97 Å². The number of carboxylic acids is 1. The summed E-state index contributed by atoms with van der Waals surface area (Å²) < 4.78 is 11.1. The maximum atomic E-state index is 11.0. The van der Waals surface area contributed by atoms with Gasteiger partial charge >= 0.3 is 5.97 Å². The van der Waals surface area contributed by atoms with Crippen LogP contribution in [0.2, 0.25) is 10.0 Å². The number of hydrogen-bond donors (Lipinski definition) is 1. The molecule has 0 bridgehead atoms. The SMILES string of the molecule is CCOc1cc(C(=O)O)ccc1OCc1ccc(Cl)c(Cl)c1. The first-order valence-corrected chi connectivity index (χ1v) is 7.33. The Kier molecular flexibility index (Phi) is 5.52. The van der Waals surface area contributed by atoms with Crippen LogP contribution in [0.4, 0.5) is 0 Å². The van der Waals surface area contributed by atoms with Gasteiger partial charge in [-0.05, 0) is 42.8 Å². The molecule has 0 aliphatic carbocycles. The van der Waals surface area contributed by atoms with Crippen LogP contribution in [0.15, 0.2) is 36.4 Å². The summed E-state index contributed by atoms with van der Waals surface area (Å²) in [6.45, 7) is 2.49. The first-order chi connectivity index (χ1) is 10.5. The summed E-state index contributed by atoms with van der Waals surface area (Å²) in [7, 11) is 0. The molecule has 0 aromatic heterocycles. The van der Waals surface area contributed by atoms with Crippen molar-refractivity contribution in [2.24, 2.45) is 0 Å². The molecule has 2 rings (SSSR count). The Morgan fingerprint density at radius 3 is 2.45 bits per heavy atom. The van der Waals surface area contributed by atoms with E-state index in [1.807, 2.05) is 6.92 Å². The Morgan fingerprint density at radius 2 is 1.82 bits per heavy atom. The van der Waals surface area contributed by atoms with Gasteiger partial charge in [0.05, 0.1) is 22.2 Å². The maximum absolute atomic E-state index is 11.0. The number of aromatic carboxylic acids is 1. The molecule has 0 aliphatic rings. The van der Waals surface area contributed by atoms with E-state index in [1.54, 1.807) is 24.3 Å². The van der Waals surface area contributed by atoms with Crippen LogP contribution in [0.1, 0.15) is 22.8 Å². The zero-order valence-electron chi connectivity index (χ0n) is 11.8. The van der Waals surface area contributed by atoms with Crippen LogP contribution in [-0.4, -0.2) is 17.7 Å². The van der Waals surface area contributed by atoms with Gasteiger partial charge in [-0.2, -0.15) is 0 Å². The molecule has 0 saturated heterocycles. The molecule has 6 heteroatoms. The summed E-state index contributed by atoms with van der Waals surface area (Å²) in [6, 6.07) is 9.70. The first-order valence-electron chi connectivity index (χ1n) is 6.58. The molecule has 0 unspecified atom stereocenters. The molecule has 0 fully saturated rings. The molecule has 0 saturated carbocycles. The van der Waals surface area contributed by atoms with Crippen molar-refractivity contribution in [1.29, 1.82) is 0 Å². The monoisotopic (exact) mass is 340 g/mol. The molecule has 0 heterocycles. The lowest BCUT2D eigenvalue weighted by atomic mass is 10.2. The van der Waals surface area contributed by atoms with E-state index in [0.717, 1.165) is 5.56 Å². The molecule has 0 spiro atoms. The molecule has 116 valence electrons. The van der Waals surface area contributed by atoms with E-state index in [1.165, 1.54) is 12.1 Å². The fourth-order valence-corrected chi connectivity index (χ4v) is 2.14. The fraction of sp³-hybridized carbons (Fsp3) is 0.188. The highest BCUT2D eigenvalue weighted by Crippen LogP contribution is 2.30. The highest BCUT2D eigenvalue weighted by Gasteiger charge is 2.11. The predicted molar refractivity (Wildman–Crippen MR) is 85.4 cm³/mol. The zero-order valence-corrected chi connectivity index (χ0v) is 13.3. The van der Waals surface area contributed by atoms with Crippen LogP contribution >= 0.6 is 23.2 Å². The van der Waals surface area contributed by atoms with Crippen molar-refractivity contribution < 1.29 is 19.4 Å². The smallest absolute Gasteiger partial charge is 0.335 e. The summed E-state index contributed by atoms with van der Waals surface area (Å²) in [4.78, 5) is 11.0. The summed E-state index contributed by atoms with van der Waals surface area (Å²) in [6.07, 6.45) is 0. The third-order valence-corrected chi connectivity index (χ3v) is 3.61.